The zero-order valence-corrected chi connectivity index (χ0v) is 20.5. The van der Waals surface area contributed by atoms with Crippen molar-refractivity contribution in [2.75, 3.05) is 31.2 Å². The van der Waals surface area contributed by atoms with E-state index < -0.39 is 17.8 Å². The average Bonchev–Trinajstić information content (AvgIpc) is 3.21. The van der Waals surface area contributed by atoms with E-state index >= 15 is 0 Å². The molecule has 37 heavy (non-hydrogen) atoms. The van der Waals surface area contributed by atoms with Crippen LogP contribution in [0.25, 0.3) is 0 Å². The minimum atomic E-state index is -0.686. The first-order chi connectivity index (χ1) is 18.0. The molecular formula is C28H29N3O6. The van der Waals surface area contributed by atoms with Gasteiger partial charge in [0.05, 0.1) is 31.9 Å². The number of nitrogens with one attached hydrogen (secondary N) is 1. The minimum absolute atomic E-state index is 0.0393. The van der Waals surface area contributed by atoms with E-state index in [1.54, 1.807) is 0 Å². The molecule has 4 rings (SSSR count). The Hall–Kier alpha value is -4.00. The van der Waals surface area contributed by atoms with Gasteiger partial charge >= 0.3 is 5.97 Å². The fraction of sp³-hybridized carbons (Fsp3) is 0.357. The number of anilines is 1. The lowest BCUT2D eigenvalue weighted by atomic mass is 10.0. The van der Waals surface area contributed by atoms with Gasteiger partial charge in [0.25, 0.3) is 11.8 Å². The number of benzene rings is 2. The third kappa shape index (κ3) is 7.03. The fourth-order valence-electron chi connectivity index (χ4n) is 4.04. The highest BCUT2D eigenvalue weighted by Crippen LogP contribution is 2.26. The fourth-order valence-corrected chi connectivity index (χ4v) is 4.04. The molecule has 2 aromatic carbocycles. The molecule has 0 spiro atoms. The molecule has 2 aliphatic heterocycles. The number of ether oxygens (including phenoxy) is 1. The van der Waals surface area contributed by atoms with Crippen LogP contribution in [-0.4, -0.2) is 55.1 Å². The van der Waals surface area contributed by atoms with E-state index in [0.717, 1.165) is 22.4 Å². The largest absolute Gasteiger partial charge is 0.380 e. The summed E-state index contributed by atoms with van der Waals surface area (Å²) in [6.45, 7) is 2.17. The highest BCUT2D eigenvalue weighted by atomic mass is 16.7. The number of imide groups is 1. The number of hydrogen-bond acceptors (Lipinski definition) is 7. The normalized spacial score (nSPS) is 14.3. The van der Waals surface area contributed by atoms with Gasteiger partial charge in [0, 0.05) is 36.9 Å². The topological polar surface area (TPSA) is 105 Å². The molecule has 1 N–H and O–H groups in total. The summed E-state index contributed by atoms with van der Waals surface area (Å²) in [5.74, 6) is 4.77. The molecule has 0 unspecified atom stereocenters. The number of hydrogen-bond donors (Lipinski definition) is 1. The Kier molecular flexibility index (Phi) is 9.03. The lowest BCUT2D eigenvalue weighted by Crippen LogP contribution is -2.32. The molecule has 0 atom stereocenters. The maximum Gasteiger partial charge on any atom is 0.335 e. The van der Waals surface area contributed by atoms with Gasteiger partial charge in [-0.25, -0.2) is 4.79 Å². The van der Waals surface area contributed by atoms with Crippen molar-refractivity contribution in [3.8, 4) is 11.8 Å². The van der Waals surface area contributed by atoms with Gasteiger partial charge in [0.15, 0.2) is 0 Å². The number of amides is 3. The van der Waals surface area contributed by atoms with Crippen LogP contribution in [-0.2, 0) is 35.3 Å². The van der Waals surface area contributed by atoms with Crippen LogP contribution in [0.1, 0.15) is 48.8 Å². The predicted octanol–water partition coefficient (Wildman–Crippen LogP) is 2.32. The van der Waals surface area contributed by atoms with Crippen LogP contribution in [0.2, 0.25) is 0 Å². The van der Waals surface area contributed by atoms with Crippen LogP contribution < -0.4 is 10.2 Å². The van der Waals surface area contributed by atoms with Crippen molar-refractivity contribution in [2.45, 2.75) is 38.6 Å². The Morgan fingerprint density at radius 1 is 0.865 bits per heavy atom. The van der Waals surface area contributed by atoms with Crippen LogP contribution in [0.5, 0.6) is 0 Å². The number of para-hydroxylation sites is 1. The maximum atomic E-state index is 13.2. The van der Waals surface area contributed by atoms with Crippen molar-refractivity contribution >= 4 is 29.4 Å². The Morgan fingerprint density at radius 3 is 2.38 bits per heavy atom. The molecule has 9 heteroatoms. The van der Waals surface area contributed by atoms with Crippen LogP contribution in [0.4, 0.5) is 5.69 Å². The molecule has 0 aromatic heterocycles. The van der Waals surface area contributed by atoms with E-state index in [1.807, 2.05) is 53.4 Å². The Morgan fingerprint density at radius 2 is 1.57 bits per heavy atom. The highest BCUT2D eigenvalue weighted by Gasteiger charge is 2.32. The summed E-state index contributed by atoms with van der Waals surface area (Å²) in [6, 6.07) is 15.6. The van der Waals surface area contributed by atoms with Crippen molar-refractivity contribution in [1.29, 1.82) is 0 Å². The van der Waals surface area contributed by atoms with Crippen molar-refractivity contribution < 1.29 is 28.8 Å². The third-order valence-corrected chi connectivity index (χ3v) is 5.99. The van der Waals surface area contributed by atoms with Crippen LogP contribution in [0.15, 0.2) is 48.5 Å². The summed E-state index contributed by atoms with van der Waals surface area (Å²) in [5, 5.41) is 3.76. The molecular weight excluding hydrogens is 474 g/mol. The molecule has 1 fully saturated rings. The van der Waals surface area contributed by atoms with Crippen molar-refractivity contribution in [3.63, 3.8) is 0 Å². The first-order valence-electron chi connectivity index (χ1n) is 12.4. The molecule has 3 amide bonds. The van der Waals surface area contributed by atoms with E-state index in [1.165, 1.54) is 0 Å². The van der Waals surface area contributed by atoms with Gasteiger partial charge < -0.3 is 19.8 Å². The minimum Gasteiger partial charge on any atom is -0.380 e. The standard InChI is InChI=1S/C28H29N3O6/c32-25(30-20-23-8-2-1-6-21(23)11-12-22-7-3-4-9-24(22)30)10-5-16-29-17-19-36-18-15-28(35)37-31-26(33)13-14-27(31)34/h1-4,6-9,29H,5,10,13-20H2. The summed E-state index contributed by atoms with van der Waals surface area (Å²) in [7, 11) is 0. The molecule has 1 saturated heterocycles. The molecule has 2 aromatic rings. The summed E-state index contributed by atoms with van der Waals surface area (Å²) in [4.78, 5) is 54.4. The first kappa shape index (κ1) is 26.1. The van der Waals surface area contributed by atoms with Gasteiger partial charge in [-0.3, -0.25) is 14.4 Å². The Bertz CT molecular complexity index is 1220. The molecule has 2 heterocycles. The van der Waals surface area contributed by atoms with Crippen LogP contribution in [0, 0.1) is 11.8 Å². The second kappa shape index (κ2) is 12.8. The zero-order valence-electron chi connectivity index (χ0n) is 20.5. The van der Waals surface area contributed by atoms with E-state index in [4.69, 9.17) is 9.57 Å². The zero-order chi connectivity index (χ0) is 26.0. The van der Waals surface area contributed by atoms with Gasteiger partial charge in [0.2, 0.25) is 5.91 Å². The Labute approximate surface area is 215 Å². The molecule has 0 saturated carbocycles. The smallest absolute Gasteiger partial charge is 0.335 e. The molecule has 0 bridgehead atoms. The summed E-state index contributed by atoms with van der Waals surface area (Å²) in [6.07, 6.45) is 1.12. The summed E-state index contributed by atoms with van der Waals surface area (Å²) in [5.41, 5.74) is 3.62. The van der Waals surface area contributed by atoms with E-state index in [-0.39, 0.29) is 31.8 Å². The maximum absolute atomic E-state index is 13.2. The van der Waals surface area contributed by atoms with Gasteiger partial charge in [-0.2, -0.15) is 0 Å². The van der Waals surface area contributed by atoms with Gasteiger partial charge in [0.1, 0.15) is 0 Å². The highest BCUT2D eigenvalue weighted by molar-refractivity contribution is 6.01. The van der Waals surface area contributed by atoms with Crippen LogP contribution >= 0.6 is 0 Å². The predicted molar refractivity (Wildman–Crippen MR) is 135 cm³/mol. The molecule has 2 aliphatic rings. The van der Waals surface area contributed by atoms with E-state index in [9.17, 15) is 19.2 Å². The summed E-state index contributed by atoms with van der Waals surface area (Å²) < 4.78 is 5.40. The number of rotatable bonds is 11. The SMILES string of the molecule is O=C(CCOCCNCCCC(=O)N1Cc2ccccc2C#Cc2ccccc21)ON1C(=O)CCC1=O. The molecule has 9 nitrogen and oxygen atoms in total. The first-order valence-corrected chi connectivity index (χ1v) is 12.4. The number of nitrogens with zero attached hydrogens (tertiary/aromatic N) is 2. The number of fused-ring (bicyclic) bond motifs is 2. The second-order valence-corrected chi connectivity index (χ2v) is 8.67. The van der Waals surface area contributed by atoms with Crippen LogP contribution in [0.3, 0.4) is 0 Å². The van der Waals surface area contributed by atoms with E-state index in [2.05, 4.69) is 17.2 Å². The third-order valence-electron chi connectivity index (χ3n) is 5.99. The molecule has 0 radical (unpaired) electrons. The number of carbonyl (C=O) groups is 4. The lowest BCUT2D eigenvalue weighted by molar-refractivity contribution is -0.198. The quantitative estimate of drug-likeness (QED) is 0.285. The Balaban J connectivity index is 1.14. The monoisotopic (exact) mass is 503 g/mol. The van der Waals surface area contributed by atoms with Gasteiger partial charge in [-0.05, 0) is 36.7 Å². The number of hydroxylamine groups is 2. The lowest BCUT2D eigenvalue weighted by Gasteiger charge is -2.26. The van der Waals surface area contributed by atoms with Gasteiger partial charge in [-0.15, -0.1) is 5.06 Å². The molecule has 192 valence electrons. The van der Waals surface area contributed by atoms with Crippen molar-refractivity contribution in [1.82, 2.24) is 10.4 Å². The van der Waals surface area contributed by atoms with Crippen molar-refractivity contribution in [3.05, 3.63) is 65.2 Å². The second-order valence-electron chi connectivity index (χ2n) is 8.67. The average molecular weight is 504 g/mol. The van der Waals surface area contributed by atoms with Crippen molar-refractivity contribution in [2.24, 2.45) is 0 Å². The molecule has 0 aliphatic carbocycles. The number of carbonyl (C=O) groups excluding carboxylic acids is 4. The van der Waals surface area contributed by atoms with E-state index in [0.29, 0.717) is 44.1 Å². The summed E-state index contributed by atoms with van der Waals surface area (Å²) >= 11 is 0. The van der Waals surface area contributed by atoms with Gasteiger partial charge in [-0.1, -0.05) is 42.2 Å².